The molecule has 0 saturated heterocycles. The summed E-state index contributed by atoms with van der Waals surface area (Å²) in [4.78, 5) is 11.8. The highest BCUT2D eigenvalue weighted by Crippen LogP contribution is 2.17. The van der Waals surface area contributed by atoms with Crippen molar-refractivity contribution in [2.45, 2.75) is 32.9 Å². The number of benzene rings is 1. The smallest absolute Gasteiger partial charge is 0.237 e. The SMILES string of the molecule is CC(C)C(N)C(=O)N[C@@H](C)c1cccc(Cl)c1. The Kier molecular flexibility index (Phi) is 4.97. The molecular formula is C13H19ClN2O. The van der Waals surface area contributed by atoms with E-state index in [-0.39, 0.29) is 17.9 Å². The lowest BCUT2D eigenvalue weighted by Gasteiger charge is -2.20. The van der Waals surface area contributed by atoms with Gasteiger partial charge >= 0.3 is 0 Å². The third-order valence-corrected chi connectivity index (χ3v) is 2.96. The van der Waals surface area contributed by atoms with E-state index in [1.165, 1.54) is 0 Å². The van der Waals surface area contributed by atoms with E-state index in [0.717, 1.165) is 5.56 Å². The molecule has 0 bridgehead atoms. The molecule has 0 heterocycles. The Hall–Kier alpha value is -1.06. The van der Waals surface area contributed by atoms with Gasteiger partial charge in [0.25, 0.3) is 0 Å². The largest absolute Gasteiger partial charge is 0.348 e. The topological polar surface area (TPSA) is 55.1 Å². The van der Waals surface area contributed by atoms with Gasteiger partial charge in [0.05, 0.1) is 12.1 Å². The Bertz CT molecular complexity index is 393. The van der Waals surface area contributed by atoms with E-state index < -0.39 is 6.04 Å². The van der Waals surface area contributed by atoms with Crippen LogP contribution in [0.4, 0.5) is 0 Å². The molecule has 3 nitrogen and oxygen atoms in total. The van der Waals surface area contributed by atoms with Crippen molar-refractivity contribution in [3.63, 3.8) is 0 Å². The molecule has 1 aromatic carbocycles. The minimum absolute atomic E-state index is 0.0917. The number of nitrogens with two attached hydrogens (primary N) is 1. The molecule has 0 fully saturated rings. The number of amides is 1. The fourth-order valence-corrected chi connectivity index (χ4v) is 1.67. The first-order chi connectivity index (χ1) is 7.91. The lowest BCUT2D eigenvalue weighted by Crippen LogP contribution is -2.44. The zero-order valence-electron chi connectivity index (χ0n) is 10.4. The highest BCUT2D eigenvalue weighted by Gasteiger charge is 2.19. The van der Waals surface area contributed by atoms with Crippen LogP contribution in [0, 0.1) is 5.92 Å². The zero-order chi connectivity index (χ0) is 13.0. The van der Waals surface area contributed by atoms with Gasteiger partial charge in [0.15, 0.2) is 0 Å². The van der Waals surface area contributed by atoms with Gasteiger partial charge in [-0.1, -0.05) is 37.6 Å². The van der Waals surface area contributed by atoms with Crippen molar-refractivity contribution in [1.29, 1.82) is 0 Å². The van der Waals surface area contributed by atoms with Gasteiger partial charge in [0, 0.05) is 5.02 Å². The van der Waals surface area contributed by atoms with Crippen LogP contribution in [0.15, 0.2) is 24.3 Å². The van der Waals surface area contributed by atoms with E-state index in [2.05, 4.69) is 5.32 Å². The maximum absolute atomic E-state index is 11.8. The van der Waals surface area contributed by atoms with Crippen LogP contribution >= 0.6 is 11.6 Å². The molecule has 17 heavy (non-hydrogen) atoms. The molecule has 0 spiro atoms. The van der Waals surface area contributed by atoms with Crippen molar-refractivity contribution in [2.75, 3.05) is 0 Å². The van der Waals surface area contributed by atoms with Crippen LogP contribution < -0.4 is 11.1 Å². The molecular weight excluding hydrogens is 236 g/mol. The van der Waals surface area contributed by atoms with E-state index in [1.54, 1.807) is 6.07 Å². The van der Waals surface area contributed by atoms with Crippen LogP contribution in [-0.4, -0.2) is 11.9 Å². The van der Waals surface area contributed by atoms with Crippen molar-refractivity contribution in [3.8, 4) is 0 Å². The van der Waals surface area contributed by atoms with Crippen molar-refractivity contribution in [2.24, 2.45) is 11.7 Å². The highest BCUT2D eigenvalue weighted by molar-refractivity contribution is 6.30. The van der Waals surface area contributed by atoms with Crippen LogP contribution in [0.3, 0.4) is 0 Å². The van der Waals surface area contributed by atoms with Crippen molar-refractivity contribution in [3.05, 3.63) is 34.9 Å². The fraction of sp³-hybridized carbons (Fsp3) is 0.462. The number of hydrogen-bond acceptors (Lipinski definition) is 2. The van der Waals surface area contributed by atoms with Crippen LogP contribution in [0.25, 0.3) is 0 Å². The van der Waals surface area contributed by atoms with E-state index in [9.17, 15) is 4.79 Å². The minimum atomic E-state index is -0.475. The van der Waals surface area contributed by atoms with E-state index in [1.807, 2.05) is 39.0 Å². The van der Waals surface area contributed by atoms with Crippen molar-refractivity contribution >= 4 is 17.5 Å². The fourth-order valence-electron chi connectivity index (χ4n) is 1.47. The summed E-state index contributed by atoms with van der Waals surface area (Å²) in [7, 11) is 0. The maximum Gasteiger partial charge on any atom is 0.237 e. The van der Waals surface area contributed by atoms with Crippen LogP contribution in [0.1, 0.15) is 32.4 Å². The van der Waals surface area contributed by atoms with Gasteiger partial charge in [-0.05, 0) is 30.5 Å². The normalized spacial score (nSPS) is 14.5. The summed E-state index contributed by atoms with van der Waals surface area (Å²) >= 11 is 5.90. The molecule has 0 aromatic heterocycles. The monoisotopic (exact) mass is 254 g/mol. The summed E-state index contributed by atoms with van der Waals surface area (Å²) < 4.78 is 0. The van der Waals surface area contributed by atoms with Gasteiger partial charge in [-0.2, -0.15) is 0 Å². The van der Waals surface area contributed by atoms with Gasteiger partial charge in [0.1, 0.15) is 0 Å². The molecule has 94 valence electrons. The van der Waals surface area contributed by atoms with Gasteiger partial charge < -0.3 is 11.1 Å². The molecule has 1 rings (SSSR count). The Morgan fingerprint density at radius 2 is 2.00 bits per heavy atom. The Morgan fingerprint density at radius 3 is 2.53 bits per heavy atom. The van der Waals surface area contributed by atoms with Crippen molar-refractivity contribution in [1.82, 2.24) is 5.32 Å². The number of carbonyl (C=O) groups is 1. The van der Waals surface area contributed by atoms with Gasteiger partial charge in [-0.25, -0.2) is 0 Å². The summed E-state index contributed by atoms with van der Waals surface area (Å²) in [5.74, 6) is -0.00552. The maximum atomic E-state index is 11.8. The first-order valence-corrected chi connectivity index (χ1v) is 6.11. The predicted octanol–water partition coefficient (Wildman–Crippen LogP) is 2.50. The summed E-state index contributed by atoms with van der Waals surface area (Å²) in [5.41, 5.74) is 6.75. The quantitative estimate of drug-likeness (QED) is 0.868. The van der Waals surface area contributed by atoms with E-state index in [0.29, 0.717) is 5.02 Å². The highest BCUT2D eigenvalue weighted by atomic mass is 35.5. The number of halogens is 1. The molecule has 1 aromatic rings. The Labute approximate surface area is 107 Å². The van der Waals surface area contributed by atoms with E-state index >= 15 is 0 Å². The van der Waals surface area contributed by atoms with Gasteiger partial charge in [-0.3, -0.25) is 4.79 Å². The van der Waals surface area contributed by atoms with Gasteiger partial charge in [0.2, 0.25) is 5.91 Å². The molecule has 1 unspecified atom stereocenters. The Morgan fingerprint density at radius 1 is 1.35 bits per heavy atom. The van der Waals surface area contributed by atoms with Crippen LogP contribution in [0.5, 0.6) is 0 Å². The lowest BCUT2D eigenvalue weighted by atomic mass is 10.0. The third kappa shape index (κ3) is 4.02. The van der Waals surface area contributed by atoms with E-state index in [4.69, 9.17) is 17.3 Å². The number of rotatable bonds is 4. The Balaban J connectivity index is 2.66. The molecule has 0 saturated carbocycles. The molecule has 0 aliphatic rings. The summed E-state index contributed by atoms with van der Waals surface area (Å²) in [6.45, 7) is 5.76. The van der Waals surface area contributed by atoms with Gasteiger partial charge in [-0.15, -0.1) is 0 Å². The predicted molar refractivity (Wildman–Crippen MR) is 70.8 cm³/mol. The molecule has 0 aliphatic carbocycles. The number of nitrogens with one attached hydrogen (secondary N) is 1. The number of hydrogen-bond donors (Lipinski definition) is 2. The summed E-state index contributed by atoms with van der Waals surface area (Å²) in [5, 5.41) is 3.55. The lowest BCUT2D eigenvalue weighted by molar-refractivity contribution is -0.123. The first kappa shape index (κ1) is 14.0. The number of carbonyl (C=O) groups excluding carboxylic acids is 1. The van der Waals surface area contributed by atoms with Crippen molar-refractivity contribution < 1.29 is 4.79 Å². The zero-order valence-corrected chi connectivity index (χ0v) is 11.2. The van der Waals surface area contributed by atoms with Crippen LogP contribution in [-0.2, 0) is 4.79 Å². The third-order valence-electron chi connectivity index (χ3n) is 2.73. The molecule has 0 aliphatic heterocycles. The second-order valence-electron chi connectivity index (χ2n) is 4.56. The average molecular weight is 255 g/mol. The molecule has 4 heteroatoms. The second-order valence-corrected chi connectivity index (χ2v) is 4.99. The first-order valence-electron chi connectivity index (χ1n) is 5.73. The molecule has 3 N–H and O–H groups in total. The molecule has 0 radical (unpaired) electrons. The summed E-state index contributed by atoms with van der Waals surface area (Å²) in [6, 6.07) is 6.87. The summed E-state index contributed by atoms with van der Waals surface area (Å²) in [6.07, 6.45) is 0. The average Bonchev–Trinajstić information content (AvgIpc) is 2.27. The second kappa shape index (κ2) is 6.03. The standard InChI is InChI=1S/C13H19ClN2O/c1-8(2)12(15)13(17)16-9(3)10-5-4-6-11(14)7-10/h4-9,12H,15H2,1-3H3,(H,16,17)/t9-,12?/m0/s1. The molecule has 1 amide bonds. The molecule has 2 atom stereocenters. The van der Waals surface area contributed by atoms with Crippen LogP contribution in [0.2, 0.25) is 5.02 Å². The minimum Gasteiger partial charge on any atom is -0.348 e.